The van der Waals surface area contributed by atoms with Crippen molar-refractivity contribution in [2.75, 3.05) is 6.54 Å². The molecule has 1 fully saturated rings. The van der Waals surface area contributed by atoms with Crippen molar-refractivity contribution >= 4 is 11.9 Å². The highest BCUT2D eigenvalue weighted by Crippen LogP contribution is 2.29. The zero-order valence-corrected chi connectivity index (χ0v) is 11.8. The van der Waals surface area contributed by atoms with Gasteiger partial charge in [-0.2, -0.15) is 0 Å². The molecule has 0 aromatic rings. The number of carbonyl (C=O) groups excluding carboxylic acids is 1. The summed E-state index contributed by atoms with van der Waals surface area (Å²) >= 11 is 0. The topological polar surface area (TPSA) is 66.8 Å². The lowest BCUT2D eigenvalue weighted by atomic mass is 10.0. The number of rotatable bonds is 3. The fraction of sp³-hybridized carbons (Fsp3) is 0.846. The van der Waals surface area contributed by atoms with Crippen molar-refractivity contribution in [1.29, 1.82) is 0 Å². The Morgan fingerprint density at radius 1 is 1.22 bits per heavy atom. The minimum atomic E-state index is -0.910. The molecule has 0 unspecified atom stereocenters. The molecule has 5 heteroatoms. The molecule has 1 heterocycles. The van der Waals surface area contributed by atoms with Gasteiger partial charge in [-0.3, -0.25) is 14.5 Å². The number of carboxylic acids is 1. The predicted octanol–water partition coefficient (Wildman–Crippen LogP) is 1.66. The van der Waals surface area contributed by atoms with Gasteiger partial charge in [-0.1, -0.05) is 0 Å². The van der Waals surface area contributed by atoms with Gasteiger partial charge in [-0.05, 0) is 47.5 Å². The fourth-order valence-electron chi connectivity index (χ4n) is 2.21. The van der Waals surface area contributed by atoms with E-state index >= 15 is 0 Å². The van der Waals surface area contributed by atoms with Gasteiger partial charge < -0.3 is 9.84 Å². The third-order valence-electron chi connectivity index (χ3n) is 3.15. The molecule has 1 aliphatic heterocycles. The van der Waals surface area contributed by atoms with Gasteiger partial charge in [0.15, 0.2) is 0 Å². The van der Waals surface area contributed by atoms with E-state index in [0.717, 1.165) is 6.42 Å². The maximum absolute atomic E-state index is 12.2. The van der Waals surface area contributed by atoms with Gasteiger partial charge >= 0.3 is 11.9 Å². The Labute approximate surface area is 108 Å². The van der Waals surface area contributed by atoms with Crippen LogP contribution in [0.5, 0.6) is 0 Å². The van der Waals surface area contributed by atoms with Crippen molar-refractivity contribution in [3.63, 3.8) is 0 Å². The van der Waals surface area contributed by atoms with Gasteiger partial charge in [-0.25, -0.2) is 0 Å². The van der Waals surface area contributed by atoms with Crippen LogP contribution in [0.2, 0.25) is 0 Å². The second-order valence-corrected chi connectivity index (χ2v) is 6.25. The summed E-state index contributed by atoms with van der Waals surface area (Å²) < 4.78 is 5.37. The van der Waals surface area contributed by atoms with E-state index in [-0.39, 0.29) is 5.97 Å². The lowest BCUT2D eigenvalue weighted by molar-refractivity contribution is -0.170. The van der Waals surface area contributed by atoms with Gasteiger partial charge in [0.1, 0.15) is 17.2 Å². The zero-order chi connectivity index (χ0) is 14.1. The van der Waals surface area contributed by atoms with E-state index in [0.29, 0.717) is 13.0 Å². The molecule has 5 nitrogen and oxygen atoms in total. The highest BCUT2D eigenvalue weighted by Gasteiger charge is 2.45. The minimum absolute atomic E-state index is 0.372. The number of carboxylic acid groups (broad SMARTS) is 1. The lowest BCUT2D eigenvalue weighted by Crippen LogP contribution is -2.56. The summed E-state index contributed by atoms with van der Waals surface area (Å²) in [5.41, 5.74) is -1.47. The molecule has 1 aliphatic rings. The summed E-state index contributed by atoms with van der Waals surface area (Å²) in [6.07, 6.45) is 1.38. The fourth-order valence-corrected chi connectivity index (χ4v) is 2.21. The summed E-state index contributed by atoms with van der Waals surface area (Å²) in [5, 5.41) is 9.17. The molecule has 0 aromatic carbocycles. The van der Waals surface area contributed by atoms with Crippen LogP contribution >= 0.6 is 0 Å². The monoisotopic (exact) mass is 257 g/mol. The molecule has 0 amide bonds. The molecule has 1 saturated heterocycles. The summed E-state index contributed by atoms with van der Waals surface area (Å²) in [4.78, 5) is 25.1. The molecule has 104 valence electrons. The standard InChI is InChI=1S/C13H23NO4/c1-12(2,3)18-11(17)13(4,5)14-8-6-7-9(14)10(15)16/h9H,6-8H2,1-5H3,(H,15,16)/t9-/m0/s1. The maximum Gasteiger partial charge on any atom is 0.326 e. The molecule has 0 bridgehead atoms. The van der Waals surface area contributed by atoms with Crippen LogP contribution in [-0.2, 0) is 14.3 Å². The van der Waals surface area contributed by atoms with Gasteiger partial charge in [0, 0.05) is 6.54 Å². The quantitative estimate of drug-likeness (QED) is 0.779. The Morgan fingerprint density at radius 3 is 2.22 bits per heavy atom. The number of esters is 1. The molecule has 0 radical (unpaired) electrons. The number of hydrogen-bond donors (Lipinski definition) is 1. The molecule has 0 saturated carbocycles. The van der Waals surface area contributed by atoms with E-state index in [1.165, 1.54) is 0 Å². The Hall–Kier alpha value is -1.10. The normalized spacial score (nSPS) is 21.9. The summed E-state index contributed by atoms with van der Waals surface area (Å²) in [6, 6.07) is -0.590. The first-order valence-electron chi connectivity index (χ1n) is 6.29. The summed E-state index contributed by atoms with van der Waals surface area (Å²) in [6.45, 7) is 9.48. The first-order chi connectivity index (χ1) is 8.05. The number of nitrogens with zero attached hydrogens (tertiary/aromatic N) is 1. The van der Waals surface area contributed by atoms with E-state index in [4.69, 9.17) is 9.84 Å². The van der Waals surface area contributed by atoms with Crippen molar-refractivity contribution < 1.29 is 19.4 Å². The molecular formula is C13H23NO4. The third-order valence-corrected chi connectivity index (χ3v) is 3.15. The van der Waals surface area contributed by atoms with Crippen LogP contribution in [0.25, 0.3) is 0 Å². The van der Waals surface area contributed by atoms with E-state index in [1.54, 1.807) is 39.5 Å². The second kappa shape index (κ2) is 4.88. The van der Waals surface area contributed by atoms with Crippen molar-refractivity contribution in [2.24, 2.45) is 0 Å². The van der Waals surface area contributed by atoms with Crippen LogP contribution in [0.15, 0.2) is 0 Å². The molecule has 1 rings (SSSR count). The molecule has 1 atom stereocenters. The maximum atomic E-state index is 12.2. The van der Waals surface area contributed by atoms with Gasteiger partial charge in [0.05, 0.1) is 0 Å². The van der Waals surface area contributed by atoms with E-state index in [9.17, 15) is 9.59 Å². The lowest BCUT2D eigenvalue weighted by Gasteiger charge is -2.37. The number of hydrogen-bond acceptors (Lipinski definition) is 4. The Balaban J connectivity index is 2.85. The van der Waals surface area contributed by atoms with Gasteiger partial charge in [0.25, 0.3) is 0 Å². The number of carbonyl (C=O) groups is 2. The summed E-state index contributed by atoms with van der Waals surface area (Å²) in [7, 11) is 0. The number of aliphatic carboxylic acids is 1. The molecule has 0 aromatic heterocycles. The molecule has 18 heavy (non-hydrogen) atoms. The number of ether oxygens (including phenoxy) is 1. The molecule has 1 N–H and O–H groups in total. The smallest absolute Gasteiger partial charge is 0.326 e. The van der Waals surface area contributed by atoms with Crippen LogP contribution in [0.4, 0.5) is 0 Å². The van der Waals surface area contributed by atoms with E-state index in [1.807, 2.05) is 0 Å². The van der Waals surface area contributed by atoms with Crippen LogP contribution in [0.1, 0.15) is 47.5 Å². The minimum Gasteiger partial charge on any atom is -0.480 e. The molecular weight excluding hydrogens is 234 g/mol. The average Bonchev–Trinajstić information content (AvgIpc) is 2.63. The second-order valence-electron chi connectivity index (χ2n) is 6.25. The SMILES string of the molecule is CC(C)(C)OC(=O)C(C)(C)N1CCC[C@H]1C(=O)O. The highest BCUT2D eigenvalue weighted by atomic mass is 16.6. The highest BCUT2D eigenvalue weighted by molar-refractivity contribution is 5.82. The van der Waals surface area contributed by atoms with Crippen molar-refractivity contribution in [3.8, 4) is 0 Å². The Bertz CT molecular complexity index is 343. The predicted molar refractivity (Wildman–Crippen MR) is 67.3 cm³/mol. The van der Waals surface area contributed by atoms with Crippen LogP contribution in [0, 0.1) is 0 Å². The number of likely N-dealkylation sites (tertiary alicyclic amines) is 1. The van der Waals surface area contributed by atoms with Crippen molar-refractivity contribution in [2.45, 2.75) is 64.6 Å². The first kappa shape index (κ1) is 15.0. The van der Waals surface area contributed by atoms with Crippen molar-refractivity contribution in [3.05, 3.63) is 0 Å². The average molecular weight is 257 g/mol. The Kier molecular flexibility index (Phi) is 4.05. The Morgan fingerprint density at radius 2 is 1.78 bits per heavy atom. The largest absolute Gasteiger partial charge is 0.480 e. The van der Waals surface area contributed by atoms with Crippen LogP contribution < -0.4 is 0 Å². The zero-order valence-electron chi connectivity index (χ0n) is 11.8. The summed E-state index contributed by atoms with van der Waals surface area (Å²) in [5.74, 6) is -1.24. The van der Waals surface area contributed by atoms with Gasteiger partial charge in [-0.15, -0.1) is 0 Å². The van der Waals surface area contributed by atoms with E-state index in [2.05, 4.69) is 0 Å². The molecule has 0 spiro atoms. The molecule has 0 aliphatic carbocycles. The first-order valence-corrected chi connectivity index (χ1v) is 6.29. The van der Waals surface area contributed by atoms with E-state index < -0.39 is 23.2 Å². The van der Waals surface area contributed by atoms with Crippen LogP contribution in [-0.4, -0.2) is 45.7 Å². The third kappa shape index (κ3) is 3.22. The van der Waals surface area contributed by atoms with Crippen LogP contribution in [0.3, 0.4) is 0 Å². The van der Waals surface area contributed by atoms with Gasteiger partial charge in [0.2, 0.25) is 0 Å². The van der Waals surface area contributed by atoms with Crippen molar-refractivity contribution in [1.82, 2.24) is 4.90 Å².